The zero-order valence-corrected chi connectivity index (χ0v) is 16.3. The molecule has 174 valence electrons. The fourth-order valence-corrected chi connectivity index (χ4v) is 4.67. The number of alkyl halides is 7. The van der Waals surface area contributed by atoms with E-state index in [1.54, 1.807) is 0 Å². The van der Waals surface area contributed by atoms with Gasteiger partial charge in [-0.05, 0) is 25.5 Å². The summed E-state index contributed by atoms with van der Waals surface area (Å²) < 4.78 is 95.6. The van der Waals surface area contributed by atoms with Crippen molar-refractivity contribution >= 4 is 11.9 Å². The molecule has 0 amide bonds. The van der Waals surface area contributed by atoms with Crippen molar-refractivity contribution < 1.29 is 50.5 Å². The van der Waals surface area contributed by atoms with Crippen LogP contribution in [0, 0.1) is 10.8 Å². The third-order valence-corrected chi connectivity index (χ3v) is 6.15. The minimum Gasteiger partial charge on any atom is -0.481 e. The van der Waals surface area contributed by atoms with Gasteiger partial charge in [-0.25, -0.2) is 4.39 Å². The van der Waals surface area contributed by atoms with Gasteiger partial charge in [-0.1, -0.05) is 18.2 Å². The van der Waals surface area contributed by atoms with E-state index < -0.39 is 77.3 Å². The first-order valence-electron chi connectivity index (χ1n) is 9.05. The molecular formula is C19H20F7NO4. The number of nitrogens with one attached hydrogen (secondary N) is 1. The Morgan fingerprint density at radius 2 is 1.61 bits per heavy atom. The highest BCUT2D eigenvalue weighted by atomic mass is 19.4. The van der Waals surface area contributed by atoms with Crippen LogP contribution in [0.25, 0.3) is 0 Å². The van der Waals surface area contributed by atoms with Crippen LogP contribution in [0.5, 0.6) is 0 Å². The molecule has 5 nitrogen and oxygen atoms in total. The summed E-state index contributed by atoms with van der Waals surface area (Å²) in [4.78, 5) is 24.5. The van der Waals surface area contributed by atoms with Crippen LogP contribution < -0.4 is 5.32 Å². The van der Waals surface area contributed by atoms with Crippen molar-refractivity contribution in [1.82, 2.24) is 5.32 Å². The first-order chi connectivity index (χ1) is 14.0. The van der Waals surface area contributed by atoms with Crippen molar-refractivity contribution in [2.24, 2.45) is 10.8 Å². The lowest BCUT2D eigenvalue weighted by molar-refractivity contribution is -0.203. The standard InChI is InChI=1S/C19H20F7NO4/c1-9-17(15(30)31,8-18(21,22)23)13(16(2,14(28)29)12(7-20)27-9)10-5-3-4-6-11(10)19(24,25)26/h3-6,9,12-13,27H,7-8H2,1-2H3,(H,28,29)(H,30,31). The van der Waals surface area contributed by atoms with Crippen LogP contribution in [0.15, 0.2) is 24.3 Å². The second kappa shape index (κ2) is 7.95. The van der Waals surface area contributed by atoms with Crippen LogP contribution in [-0.4, -0.2) is 47.1 Å². The van der Waals surface area contributed by atoms with Gasteiger partial charge in [-0.3, -0.25) is 9.59 Å². The molecule has 0 spiro atoms. The van der Waals surface area contributed by atoms with Crippen molar-refractivity contribution in [3.63, 3.8) is 0 Å². The van der Waals surface area contributed by atoms with Gasteiger partial charge in [0.05, 0.1) is 28.9 Å². The Hall–Kier alpha value is -2.37. The van der Waals surface area contributed by atoms with Crippen LogP contribution in [-0.2, 0) is 15.8 Å². The molecule has 0 bridgehead atoms. The monoisotopic (exact) mass is 459 g/mol. The highest BCUT2D eigenvalue weighted by Crippen LogP contribution is 2.60. The van der Waals surface area contributed by atoms with Gasteiger partial charge in [-0.2, -0.15) is 26.3 Å². The molecular weight excluding hydrogens is 439 g/mol. The molecule has 5 unspecified atom stereocenters. The molecule has 1 aliphatic heterocycles. The minimum atomic E-state index is -5.18. The van der Waals surface area contributed by atoms with E-state index in [2.05, 4.69) is 5.32 Å². The fourth-order valence-electron chi connectivity index (χ4n) is 4.67. The first-order valence-corrected chi connectivity index (χ1v) is 9.05. The zero-order chi connectivity index (χ0) is 24.0. The highest BCUT2D eigenvalue weighted by molar-refractivity contribution is 5.84. The van der Waals surface area contributed by atoms with Crippen molar-refractivity contribution in [3.05, 3.63) is 35.4 Å². The van der Waals surface area contributed by atoms with Crippen LogP contribution in [0.2, 0.25) is 0 Å². The maximum Gasteiger partial charge on any atom is 0.416 e. The van der Waals surface area contributed by atoms with E-state index in [1.807, 2.05) is 0 Å². The summed E-state index contributed by atoms with van der Waals surface area (Å²) in [5.74, 6) is -6.44. The lowest BCUT2D eigenvalue weighted by Crippen LogP contribution is -2.71. The molecule has 1 fully saturated rings. The smallest absolute Gasteiger partial charge is 0.416 e. The molecule has 1 aromatic carbocycles. The second-order valence-electron chi connectivity index (χ2n) is 7.84. The molecule has 12 heteroatoms. The van der Waals surface area contributed by atoms with E-state index in [4.69, 9.17) is 0 Å². The van der Waals surface area contributed by atoms with Gasteiger partial charge in [0, 0.05) is 12.0 Å². The van der Waals surface area contributed by atoms with Gasteiger partial charge >= 0.3 is 24.3 Å². The van der Waals surface area contributed by atoms with E-state index in [1.165, 1.54) is 0 Å². The van der Waals surface area contributed by atoms with Gasteiger partial charge in [0.1, 0.15) is 6.67 Å². The van der Waals surface area contributed by atoms with Crippen molar-refractivity contribution in [1.29, 1.82) is 0 Å². The maximum atomic E-state index is 13.8. The number of carboxylic acid groups (broad SMARTS) is 2. The van der Waals surface area contributed by atoms with E-state index >= 15 is 0 Å². The molecule has 0 saturated carbocycles. The molecule has 2 rings (SSSR count). The predicted octanol–water partition coefficient (Wildman–Crippen LogP) is 4.23. The third-order valence-electron chi connectivity index (χ3n) is 6.15. The summed E-state index contributed by atoms with van der Waals surface area (Å²) in [6, 6.07) is -0.221. The molecule has 1 heterocycles. The van der Waals surface area contributed by atoms with Gasteiger partial charge in [0.25, 0.3) is 0 Å². The van der Waals surface area contributed by atoms with E-state index in [9.17, 15) is 50.5 Å². The third kappa shape index (κ3) is 4.09. The largest absolute Gasteiger partial charge is 0.481 e. The normalized spacial score (nSPS) is 32.0. The lowest BCUT2D eigenvalue weighted by atomic mass is 9.50. The molecule has 0 aliphatic carbocycles. The Balaban J connectivity index is 3.03. The number of rotatable bonds is 5. The number of carbonyl (C=O) groups is 2. The van der Waals surface area contributed by atoms with Crippen LogP contribution in [0.1, 0.15) is 37.3 Å². The molecule has 31 heavy (non-hydrogen) atoms. The summed E-state index contributed by atoms with van der Waals surface area (Å²) in [5, 5.41) is 22.0. The SMILES string of the molecule is CC1NC(CF)C(C)(C(=O)O)C(c2ccccc2C(F)(F)F)C1(CC(F)(F)F)C(=O)O. The number of piperidine rings is 1. The Morgan fingerprint density at radius 3 is 2.03 bits per heavy atom. The molecule has 3 N–H and O–H groups in total. The van der Waals surface area contributed by atoms with Crippen LogP contribution in [0.3, 0.4) is 0 Å². The van der Waals surface area contributed by atoms with Gasteiger partial charge in [0.2, 0.25) is 0 Å². The Labute approximate surface area is 172 Å². The average molecular weight is 459 g/mol. The molecule has 5 atom stereocenters. The minimum absolute atomic E-state index is 0.523. The Kier molecular flexibility index (Phi) is 6.39. The summed E-state index contributed by atoms with van der Waals surface area (Å²) in [6.45, 7) is 0.275. The van der Waals surface area contributed by atoms with Crippen molar-refractivity contribution in [2.45, 2.75) is 50.6 Å². The second-order valence-corrected chi connectivity index (χ2v) is 7.84. The number of hydrogen-bond donors (Lipinski definition) is 3. The van der Waals surface area contributed by atoms with E-state index in [-0.39, 0.29) is 0 Å². The zero-order valence-electron chi connectivity index (χ0n) is 16.3. The van der Waals surface area contributed by atoms with Crippen molar-refractivity contribution in [2.75, 3.05) is 6.67 Å². The lowest BCUT2D eigenvalue weighted by Gasteiger charge is -2.56. The predicted molar refractivity (Wildman–Crippen MR) is 93.0 cm³/mol. The molecule has 1 aliphatic rings. The van der Waals surface area contributed by atoms with Crippen LogP contribution >= 0.6 is 0 Å². The quantitative estimate of drug-likeness (QED) is 0.574. The first kappa shape index (κ1) is 24.9. The number of benzene rings is 1. The van der Waals surface area contributed by atoms with E-state index in [0.717, 1.165) is 32.0 Å². The molecule has 1 aromatic rings. The average Bonchev–Trinajstić information content (AvgIpc) is 2.62. The van der Waals surface area contributed by atoms with Crippen LogP contribution in [0.4, 0.5) is 30.7 Å². The Morgan fingerprint density at radius 1 is 1.06 bits per heavy atom. The number of carboxylic acids is 2. The van der Waals surface area contributed by atoms with Gasteiger partial charge in [0.15, 0.2) is 0 Å². The summed E-state index contributed by atoms with van der Waals surface area (Å²) >= 11 is 0. The van der Waals surface area contributed by atoms with Crippen molar-refractivity contribution in [3.8, 4) is 0 Å². The van der Waals surface area contributed by atoms with Gasteiger partial charge in [-0.15, -0.1) is 0 Å². The maximum absolute atomic E-state index is 13.8. The number of halogens is 7. The topological polar surface area (TPSA) is 86.6 Å². The summed E-state index contributed by atoms with van der Waals surface area (Å²) in [6.07, 6.45) is -12.4. The highest BCUT2D eigenvalue weighted by Gasteiger charge is 2.69. The van der Waals surface area contributed by atoms with E-state index in [0.29, 0.717) is 6.07 Å². The number of aliphatic carboxylic acids is 2. The molecule has 1 saturated heterocycles. The Bertz CT molecular complexity index is 856. The summed E-state index contributed by atoms with van der Waals surface area (Å²) in [7, 11) is 0. The number of hydrogen-bond acceptors (Lipinski definition) is 3. The molecule has 0 aromatic heterocycles. The fraction of sp³-hybridized carbons (Fsp3) is 0.579. The summed E-state index contributed by atoms with van der Waals surface area (Å²) in [5.41, 5.74) is -8.16. The van der Waals surface area contributed by atoms with Gasteiger partial charge < -0.3 is 15.5 Å². The molecule has 0 radical (unpaired) electrons.